The number of aromatic nitrogens is 1. The van der Waals surface area contributed by atoms with Crippen molar-refractivity contribution in [1.82, 2.24) is 9.88 Å². The Kier molecular flexibility index (Phi) is 5.80. The highest BCUT2D eigenvalue weighted by atomic mass is 16.1. The van der Waals surface area contributed by atoms with Gasteiger partial charge in [0.25, 0.3) is 0 Å². The number of para-hydroxylation sites is 2. The molecule has 5 nitrogen and oxygen atoms in total. The fourth-order valence-corrected chi connectivity index (χ4v) is 3.09. The molecule has 2 aromatic rings. The first kappa shape index (κ1) is 17.2. The van der Waals surface area contributed by atoms with Gasteiger partial charge in [-0.2, -0.15) is 0 Å². The highest BCUT2D eigenvalue weighted by Gasteiger charge is 2.19. The number of piperazine rings is 1. The van der Waals surface area contributed by atoms with Gasteiger partial charge in [-0.3, -0.25) is 14.7 Å². The zero-order valence-corrected chi connectivity index (χ0v) is 14.4. The van der Waals surface area contributed by atoms with E-state index in [2.05, 4.69) is 44.9 Å². The van der Waals surface area contributed by atoms with Gasteiger partial charge in [0.2, 0.25) is 5.91 Å². The lowest BCUT2D eigenvalue weighted by Gasteiger charge is -2.37. The van der Waals surface area contributed by atoms with Gasteiger partial charge in [-0.25, -0.2) is 0 Å². The predicted molar refractivity (Wildman–Crippen MR) is 102 cm³/mol. The molecule has 0 unspecified atom stereocenters. The highest BCUT2D eigenvalue weighted by molar-refractivity contribution is 6.01. The summed E-state index contributed by atoms with van der Waals surface area (Å²) in [5, 5.41) is 2.90. The number of nitrogens with zero attached hydrogens (tertiary/aromatic N) is 3. The molecule has 1 aromatic heterocycles. The molecule has 1 N–H and O–H groups in total. The number of benzene rings is 1. The van der Waals surface area contributed by atoms with E-state index >= 15 is 0 Å². The average Bonchev–Trinajstić information content (AvgIpc) is 2.68. The number of anilines is 2. The second kappa shape index (κ2) is 8.44. The van der Waals surface area contributed by atoms with Gasteiger partial charge >= 0.3 is 0 Å². The Morgan fingerprint density at radius 3 is 2.56 bits per heavy atom. The largest absolute Gasteiger partial charge is 0.367 e. The van der Waals surface area contributed by atoms with Gasteiger partial charge in [0.15, 0.2) is 0 Å². The first-order valence-corrected chi connectivity index (χ1v) is 8.65. The predicted octanol–water partition coefficient (Wildman–Crippen LogP) is 2.57. The molecule has 0 aliphatic carbocycles. The molecule has 2 heterocycles. The van der Waals surface area contributed by atoms with Crippen LogP contribution < -0.4 is 10.2 Å². The number of hydrogen-bond donors (Lipinski definition) is 1. The Morgan fingerprint density at radius 2 is 1.84 bits per heavy atom. The minimum absolute atomic E-state index is 0.177. The lowest BCUT2D eigenvalue weighted by Crippen LogP contribution is -2.47. The van der Waals surface area contributed by atoms with Gasteiger partial charge in [0.1, 0.15) is 0 Å². The summed E-state index contributed by atoms with van der Waals surface area (Å²) in [6, 6.07) is 12.1. The van der Waals surface area contributed by atoms with E-state index in [1.807, 2.05) is 30.6 Å². The Hall–Kier alpha value is -2.66. The maximum atomic E-state index is 11.6. The molecule has 1 saturated heterocycles. The normalized spacial score (nSPS) is 15.0. The highest BCUT2D eigenvalue weighted by Crippen LogP contribution is 2.26. The summed E-state index contributed by atoms with van der Waals surface area (Å²) in [6.45, 7) is 8.54. The Morgan fingerprint density at radius 1 is 1.12 bits per heavy atom. The van der Waals surface area contributed by atoms with Crippen LogP contribution in [-0.2, 0) is 11.2 Å². The molecule has 25 heavy (non-hydrogen) atoms. The quantitative estimate of drug-likeness (QED) is 0.824. The molecule has 1 fully saturated rings. The molecule has 3 rings (SSSR count). The molecule has 1 aliphatic heterocycles. The summed E-state index contributed by atoms with van der Waals surface area (Å²) in [5.41, 5.74) is 3.25. The van der Waals surface area contributed by atoms with E-state index in [1.54, 1.807) is 0 Å². The van der Waals surface area contributed by atoms with Gasteiger partial charge in [-0.1, -0.05) is 18.7 Å². The molecule has 1 aliphatic rings. The van der Waals surface area contributed by atoms with Crippen LogP contribution in [0.5, 0.6) is 0 Å². The topological polar surface area (TPSA) is 48.5 Å². The van der Waals surface area contributed by atoms with Crippen molar-refractivity contribution in [3.8, 4) is 0 Å². The number of amides is 1. The van der Waals surface area contributed by atoms with Crippen molar-refractivity contribution in [2.24, 2.45) is 0 Å². The van der Waals surface area contributed by atoms with Gasteiger partial charge in [0.05, 0.1) is 11.4 Å². The summed E-state index contributed by atoms with van der Waals surface area (Å²) in [4.78, 5) is 20.5. The minimum Gasteiger partial charge on any atom is -0.367 e. The lowest BCUT2D eigenvalue weighted by atomic mass is 10.1. The van der Waals surface area contributed by atoms with E-state index in [9.17, 15) is 4.79 Å². The lowest BCUT2D eigenvalue weighted by molar-refractivity contribution is -0.111. The number of hydrogen-bond acceptors (Lipinski definition) is 4. The van der Waals surface area contributed by atoms with Crippen molar-refractivity contribution in [2.75, 3.05) is 42.9 Å². The van der Waals surface area contributed by atoms with Crippen molar-refractivity contribution in [3.63, 3.8) is 0 Å². The number of rotatable bonds is 6. The van der Waals surface area contributed by atoms with Crippen LogP contribution in [0, 0.1) is 0 Å². The molecule has 1 aromatic carbocycles. The van der Waals surface area contributed by atoms with Crippen molar-refractivity contribution < 1.29 is 4.79 Å². The molecule has 0 saturated carbocycles. The number of pyridine rings is 1. The van der Waals surface area contributed by atoms with Gasteiger partial charge in [-0.15, -0.1) is 0 Å². The molecular weight excluding hydrogens is 312 g/mol. The van der Waals surface area contributed by atoms with E-state index in [4.69, 9.17) is 0 Å². The first-order valence-electron chi connectivity index (χ1n) is 8.65. The fourth-order valence-electron chi connectivity index (χ4n) is 3.09. The standard InChI is InChI=1S/C20H24N4O/c1-2-20(25)22-18-5-3-4-6-19(18)24-15-13-23(14-16-24)12-9-17-7-10-21-11-8-17/h2-8,10-11H,1,9,12-16H2,(H,22,25). The molecule has 0 atom stereocenters. The SMILES string of the molecule is C=CC(=O)Nc1ccccc1N1CCN(CCc2ccncc2)CC1. The molecule has 1 amide bonds. The van der Waals surface area contributed by atoms with E-state index in [0.29, 0.717) is 0 Å². The van der Waals surface area contributed by atoms with Crippen LogP contribution >= 0.6 is 0 Å². The summed E-state index contributed by atoms with van der Waals surface area (Å²) in [7, 11) is 0. The van der Waals surface area contributed by atoms with Crippen LogP contribution in [0.1, 0.15) is 5.56 Å². The second-order valence-corrected chi connectivity index (χ2v) is 6.14. The summed E-state index contributed by atoms with van der Waals surface area (Å²) in [5.74, 6) is -0.177. The number of carbonyl (C=O) groups excluding carboxylic acids is 1. The Bertz CT molecular complexity index is 709. The molecular formula is C20H24N4O. The molecule has 0 spiro atoms. The van der Waals surface area contributed by atoms with E-state index in [-0.39, 0.29) is 5.91 Å². The van der Waals surface area contributed by atoms with E-state index in [0.717, 1.165) is 50.5 Å². The van der Waals surface area contributed by atoms with E-state index < -0.39 is 0 Å². The Balaban J connectivity index is 1.55. The summed E-state index contributed by atoms with van der Waals surface area (Å²) in [6.07, 6.45) is 6.05. The van der Waals surface area contributed by atoms with Gasteiger partial charge < -0.3 is 10.2 Å². The van der Waals surface area contributed by atoms with Crippen LogP contribution in [0.2, 0.25) is 0 Å². The average molecular weight is 336 g/mol. The maximum absolute atomic E-state index is 11.6. The Labute approximate surface area is 149 Å². The van der Waals surface area contributed by atoms with Crippen molar-refractivity contribution in [3.05, 3.63) is 67.0 Å². The molecule has 0 radical (unpaired) electrons. The van der Waals surface area contributed by atoms with Crippen LogP contribution in [0.25, 0.3) is 0 Å². The smallest absolute Gasteiger partial charge is 0.247 e. The third-order valence-corrected chi connectivity index (χ3v) is 4.53. The molecule has 130 valence electrons. The third kappa shape index (κ3) is 4.67. The van der Waals surface area contributed by atoms with Crippen LogP contribution in [-0.4, -0.2) is 48.5 Å². The monoisotopic (exact) mass is 336 g/mol. The van der Waals surface area contributed by atoms with Crippen LogP contribution in [0.4, 0.5) is 11.4 Å². The first-order chi connectivity index (χ1) is 12.3. The van der Waals surface area contributed by atoms with Gasteiger partial charge in [-0.05, 0) is 42.3 Å². The molecule has 0 bridgehead atoms. The van der Waals surface area contributed by atoms with Crippen molar-refractivity contribution >= 4 is 17.3 Å². The van der Waals surface area contributed by atoms with Gasteiger partial charge in [0, 0.05) is 45.1 Å². The van der Waals surface area contributed by atoms with Crippen LogP contribution in [0.3, 0.4) is 0 Å². The van der Waals surface area contributed by atoms with Crippen molar-refractivity contribution in [1.29, 1.82) is 0 Å². The fraction of sp³-hybridized carbons (Fsp3) is 0.300. The second-order valence-electron chi connectivity index (χ2n) is 6.14. The third-order valence-electron chi connectivity index (χ3n) is 4.53. The van der Waals surface area contributed by atoms with Crippen LogP contribution in [0.15, 0.2) is 61.4 Å². The zero-order chi connectivity index (χ0) is 17.5. The zero-order valence-electron chi connectivity index (χ0n) is 14.4. The number of nitrogens with one attached hydrogen (secondary N) is 1. The van der Waals surface area contributed by atoms with Crippen molar-refractivity contribution in [2.45, 2.75) is 6.42 Å². The van der Waals surface area contributed by atoms with E-state index in [1.165, 1.54) is 11.6 Å². The maximum Gasteiger partial charge on any atom is 0.247 e. The summed E-state index contributed by atoms with van der Waals surface area (Å²) >= 11 is 0. The minimum atomic E-state index is -0.177. The molecule has 5 heteroatoms. The summed E-state index contributed by atoms with van der Waals surface area (Å²) < 4.78 is 0. The number of carbonyl (C=O) groups is 1.